The fourth-order valence-electron chi connectivity index (χ4n) is 3.44. The first-order chi connectivity index (χ1) is 13.1. The molecular weight excluding hydrogens is 336 g/mol. The van der Waals surface area contributed by atoms with Crippen molar-refractivity contribution in [3.05, 3.63) is 76.5 Å². The lowest BCUT2D eigenvalue weighted by atomic mass is 9.89. The molecule has 0 saturated heterocycles. The van der Waals surface area contributed by atoms with Gasteiger partial charge in [-0.3, -0.25) is 9.89 Å². The predicted octanol–water partition coefficient (Wildman–Crippen LogP) is 4.06. The summed E-state index contributed by atoms with van der Waals surface area (Å²) >= 11 is 0. The van der Waals surface area contributed by atoms with E-state index in [0.717, 1.165) is 35.2 Å². The molecule has 1 amide bonds. The van der Waals surface area contributed by atoms with Crippen LogP contribution in [0.15, 0.2) is 53.6 Å². The number of H-pyrrole nitrogens is 1. The maximum absolute atomic E-state index is 12.5. The number of aryl methyl sites for hydroxylation is 1. The van der Waals surface area contributed by atoms with E-state index in [0.29, 0.717) is 11.6 Å². The first-order valence-electron chi connectivity index (χ1n) is 9.22. The second-order valence-corrected chi connectivity index (χ2v) is 7.10. The number of amides is 1. The molecule has 1 aliphatic carbocycles. The second-order valence-electron chi connectivity index (χ2n) is 7.10. The maximum atomic E-state index is 12.5. The Morgan fingerprint density at radius 1 is 1.15 bits per heavy atom. The van der Waals surface area contributed by atoms with E-state index in [-0.39, 0.29) is 5.91 Å². The molecule has 27 heavy (non-hydrogen) atoms. The van der Waals surface area contributed by atoms with Gasteiger partial charge >= 0.3 is 0 Å². The molecule has 0 fully saturated rings. The number of aromatic nitrogens is 2. The van der Waals surface area contributed by atoms with Crippen LogP contribution >= 0.6 is 0 Å². The summed E-state index contributed by atoms with van der Waals surface area (Å²) in [4.78, 5) is 12.5. The first-order valence-corrected chi connectivity index (χ1v) is 9.22. The SMILES string of the molecule is CC(C)c1ccc(/C=N\NC(=O)c2[nH]nc3c2CCc2ccccc2-3)cc1. The third kappa shape index (κ3) is 3.40. The Kier molecular flexibility index (Phi) is 4.59. The van der Waals surface area contributed by atoms with E-state index in [2.05, 4.69) is 58.8 Å². The van der Waals surface area contributed by atoms with E-state index in [9.17, 15) is 4.79 Å². The minimum atomic E-state index is -0.266. The average Bonchev–Trinajstić information content (AvgIpc) is 3.13. The van der Waals surface area contributed by atoms with Crippen molar-refractivity contribution in [1.29, 1.82) is 0 Å². The van der Waals surface area contributed by atoms with Gasteiger partial charge in [-0.25, -0.2) is 5.43 Å². The molecule has 136 valence electrons. The standard InChI is InChI=1S/C22H22N4O/c1-14(2)16-9-7-15(8-10-16)13-23-26-22(27)21-19-12-11-17-5-3-4-6-18(17)20(19)24-25-21/h3-10,13-14H,11-12H2,1-2H3,(H,24,25)(H,26,27)/b23-13-. The van der Waals surface area contributed by atoms with Crippen LogP contribution in [-0.4, -0.2) is 22.3 Å². The van der Waals surface area contributed by atoms with E-state index in [1.54, 1.807) is 6.21 Å². The van der Waals surface area contributed by atoms with Crippen LogP contribution < -0.4 is 5.43 Å². The number of aromatic amines is 1. The zero-order valence-electron chi connectivity index (χ0n) is 15.5. The smallest absolute Gasteiger partial charge is 0.272 e. The van der Waals surface area contributed by atoms with Crippen molar-refractivity contribution in [2.45, 2.75) is 32.6 Å². The van der Waals surface area contributed by atoms with Crippen LogP contribution in [0, 0.1) is 0 Å². The Hall–Kier alpha value is -3.21. The molecule has 5 nitrogen and oxygen atoms in total. The van der Waals surface area contributed by atoms with Crippen LogP contribution in [-0.2, 0) is 12.8 Å². The van der Waals surface area contributed by atoms with Crippen LogP contribution in [0.4, 0.5) is 0 Å². The van der Waals surface area contributed by atoms with Crippen LogP contribution in [0.25, 0.3) is 11.3 Å². The molecule has 0 atom stereocenters. The molecule has 4 rings (SSSR count). The number of nitrogens with zero attached hydrogens (tertiary/aromatic N) is 2. The molecule has 1 aliphatic rings. The molecule has 5 heteroatoms. The van der Waals surface area contributed by atoms with Gasteiger partial charge in [0.1, 0.15) is 5.69 Å². The van der Waals surface area contributed by atoms with Gasteiger partial charge in [0.2, 0.25) is 0 Å². The highest BCUT2D eigenvalue weighted by Crippen LogP contribution is 2.33. The first kappa shape index (κ1) is 17.2. The summed E-state index contributed by atoms with van der Waals surface area (Å²) in [5.74, 6) is 0.227. The third-order valence-electron chi connectivity index (χ3n) is 4.99. The molecule has 0 spiro atoms. The highest BCUT2D eigenvalue weighted by atomic mass is 16.2. The third-order valence-corrected chi connectivity index (χ3v) is 4.99. The lowest BCUT2D eigenvalue weighted by Gasteiger charge is -2.15. The molecule has 2 aromatic carbocycles. The van der Waals surface area contributed by atoms with E-state index in [1.165, 1.54) is 11.1 Å². The minimum absolute atomic E-state index is 0.266. The zero-order valence-corrected chi connectivity index (χ0v) is 15.5. The van der Waals surface area contributed by atoms with Crippen molar-refractivity contribution in [3.63, 3.8) is 0 Å². The van der Waals surface area contributed by atoms with Crippen LogP contribution in [0.5, 0.6) is 0 Å². The Morgan fingerprint density at radius 2 is 1.93 bits per heavy atom. The van der Waals surface area contributed by atoms with Crippen molar-refractivity contribution < 1.29 is 4.79 Å². The summed E-state index contributed by atoms with van der Waals surface area (Å²) in [5, 5.41) is 11.4. The quantitative estimate of drug-likeness (QED) is 0.545. The van der Waals surface area contributed by atoms with Gasteiger partial charge < -0.3 is 0 Å². The van der Waals surface area contributed by atoms with Crippen LogP contribution in [0.2, 0.25) is 0 Å². The van der Waals surface area contributed by atoms with Crippen molar-refractivity contribution >= 4 is 12.1 Å². The number of rotatable bonds is 4. The fourth-order valence-corrected chi connectivity index (χ4v) is 3.44. The lowest BCUT2D eigenvalue weighted by Crippen LogP contribution is -2.20. The number of carbonyl (C=O) groups is 1. The number of benzene rings is 2. The van der Waals surface area contributed by atoms with Gasteiger partial charge in [-0.15, -0.1) is 0 Å². The van der Waals surface area contributed by atoms with E-state index < -0.39 is 0 Å². The molecule has 0 bridgehead atoms. The average molecular weight is 358 g/mol. The number of hydrogen-bond donors (Lipinski definition) is 2. The monoisotopic (exact) mass is 358 g/mol. The molecule has 0 saturated carbocycles. The fraction of sp³-hybridized carbons (Fsp3) is 0.227. The summed E-state index contributed by atoms with van der Waals surface area (Å²) in [6.07, 6.45) is 3.36. The number of fused-ring (bicyclic) bond motifs is 3. The number of hydrogen-bond acceptors (Lipinski definition) is 3. The minimum Gasteiger partial charge on any atom is -0.272 e. The van der Waals surface area contributed by atoms with E-state index in [4.69, 9.17) is 0 Å². The summed E-state index contributed by atoms with van der Waals surface area (Å²) in [7, 11) is 0. The molecule has 1 aromatic heterocycles. The molecule has 2 N–H and O–H groups in total. The summed E-state index contributed by atoms with van der Waals surface area (Å²) in [6.45, 7) is 4.32. The molecule has 3 aromatic rings. The van der Waals surface area contributed by atoms with Gasteiger partial charge in [0.15, 0.2) is 0 Å². The largest absolute Gasteiger partial charge is 0.289 e. The number of carbonyl (C=O) groups excluding carboxylic acids is 1. The van der Waals surface area contributed by atoms with Gasteiger partial charge in [-0.1, -0.05) is 62.4 Å². The number of nitrogens with one attached hydrogen (secondary N) is 2. The maximum Gasteiger partial charge on any atom is 0.289 e. The van der Waals surface area contributed by atoms with Crippen molar-refractivity contribution in [1.82, 2.24) is 15.6 Å². The van der Waals surface area contributed by atoms with Crippen molar-refractivity contribution in [2.24, 2.45) is 5.10 Å². The highest BCUT2D eigenvalue weighted by molar-refractivity contribution is 5.96. The van der Waals surface area contributed by atoms with E-state index in [1.807, 2.05) is 24.3 Å². The van der Waals surface area contributed by atoms with Gasteiger partial charge in [0.05, 0.1) is 11.9 Å². The van der Waals surface area contributed by atoms with Crippen LogP contribution in [0.1, 0.15) is 52.5 Å². The Morgan fingerprint density at radius 3 is 2.70 bits per heavy atom. The van der Waals surface area contributed by atoms with Gasteiger partial charge in [0, 0.05) is 11.1 Å². The topological polar surface area (TPSA) is 70.1 Å². The molecule has 0 unspecified atom stereocenters. The Bertz CT molecular complexity index is 999. The molecule has 0 radical (unpaired) electrons. The predicted molar refractivity (Wildman–Crippen MR) is 107 cm³/mol. The summed E-state index contributed by atoms with van der Waals surface area (Å²) < 4.78 is 0. The molecule has 1 heterocycles. The lowest BCUT2D eigenvalue weighted by molar-refractivity contribution is 0.0949. The van der Waals surface area contributed by atoms with E-state index >= 15 is 0 Å². The van der Waals surface area contributed by atoms with Gasteiger partial charge in [0.25, 0.3) is 5.91 Å². The van der Waals surface area contributed by atoms with Crippen molar-refractivity contribution in [3.8, 4) is 11.3 Å². The van der Waals surface area contributed by atoms with Gasteiger partial charge in [-0.2, -0.15) is 10.2 Å². The normalized spacial score (nSPS) is 12.9. The molecular formula is C22H22N4O. The number of hydrazone groups is 1. The van der Waals surface area contributed by atoms with Gasteiger partial charge in [-0.05, 0) is 35.4 Å². The molecule has 0 aliphatic heterocycles. The van der Waals surface area contributed by atoms with Crippen molar-refractivity contribution in [2.75, 3.05) is 0 Å². The van der Waals surface area contributed by atoms with Crippen LogP contribution in [0.3, 0.4) is 0 Å². The highest BCUT2D eigenvalue weighted by Gasteiger charge is 2.24. The Labute approximate surface area is 158 Å². The zero-order chi connectivity index (χ0) is 18.8. The Balaban J connectivity index is 1.48. The second kappa shape index (κ2) is 7.19. The summed E-state index contributed by atoms with van der Waals surface area (Å²) in [6, 6.07) is 16.4. The summed E-state index contributed by atoms with van der Waals surface area (Å²) in [5.41, 5.74) is 9.52.